The van der Waals surface area contributed by atoms with Gasteiger partial charge < -0.3 is 4.42 Å². The van der Waals surface area contributed by atoms with Crippen LogP contribution in [-0.2, 0) is 0 Å². The average Bonchev–Trinajstić information content (AvgIpc) is 3.70. The first-order valence-electron chi connectivity index (χ1n) is 22.5. The standard InChI is InChI=1S/C60H46O/c1-3-11-49-45(9-1)35-55(53-15-7-5-13-51(49)53)47-23-21-37-29-39(17-19-41(37)31-47)43-25-27-59-57(33-43)58-34-44(26-28-60(58)61-59)40-18-20-42-32-48(24-22-38(42)30-40)56-36-46-10-2-4-12-50(46)52-14-6-8-16-54(52)56/h1-17,19,21,23,25-29,31,33-36,38,40,42,48H,18,20,22,24,30,32H2. The van der Waals surface area contributed by atoms with Crippen molar-refractivity contribution in [1.82, 2.24) is 0 Å². The van der Waals surface area contributed by atoms with E-state index in [0.29, 0.717) is 11.8 Å². The summed E-state index contributed by atoms with van der Waals surface area (Å²) >= 11 is 0. The lowest BCUT2D eigenvalue weighted by Gasteiger charge is -2.42. The van der Waals surface area contributed by atoms with Crippen molar-refractivity contribution in [3.05, 3.63) is 193 Å². The molecule has 10 aromatic carbocycles. The van der Waals surface area contributed by atoms with E-state index in [1.807, 2.05) is 0 Å². The van der Waals surface area contributed by atoms with Gasteiger partial charge >= 0.3 is 0 Å². The van der Waals surface area contributed by atoms with Gasteiger partial charge in [-0.2, -0.15) is 0 Å². The fraction of sp³-hybridized carbons (Fsp3) is 0.167. The monoisotopic (exact) mass is 782 g/mol. The third kappa shape index (κ3) is 5.82. The van der Waals surface area contributed by atoms with Gasteiger partial charge in [0, 0.05) is 10.8 Å². The number of hydrogen-bond acceptors (Lipinski definition) is 1. The van der Waals surface area contributed by atoms with E-state index < -0.39 is 0 Å². The molecule has 4 unspecified atom stereocenters. The second-order valence-electron chi connectivity index (χ2n) is 18.3. The fourth-order valence-electron chi connectivity index (χ4n) is 12.0. The van der Waals surface area contributed by atoms with E-state index in [-0.39, 0.29) is 0 Å². The minimum Gasteiger partial charge on any atom is -0.456 e. The maximum Gasteiger partial charge on any atom is 0.135 e. The van der Waals surface area contributed by atoms with Crippen molar-refractivity contribution in [3.63, 3.8) is 0 Å². The molecule has 0 spiro atoms. The number of furan rings is 1. The molecular weight excluding hydrogens is 737 g/mol. The van der Waals surface area contributed by atoms with Crippen LogP contribution < -0.4 is 0 Å². The molecule has 1 heteroatoms. The lowest BCUT2D eigenvalue weighted by molar-refractivity contribution is 0.142. The summed E-state index contributed by atoms with van der Waals surface area (Å²) in [6.07, 6.45) is 7.86. The summed E-state index contributed by atoms with van der Waals surface area (Å²) in [5.41, 5.74) is 10.0. The molecule has 0 radical (unpaired) electrons. The molecule has 2 aliphatic rings. The van der Waals surface area contributed by atoms with Crippen LogP contribution in [0.3, 0.4) is 0 Å². The molecule has 0 aliphatic heterocycles. The lowest BCUT2D eigenvalue weighted by Crippen LogP contribution is -2.29. The highest BCUT2D eigenvalue weighted by Gasteiger charge is 2.37. The van der Waals surface area contributed by atoms with Crippen molar-refractivity contribution in [2.75, 3.05) is 0 Å². The van der Waals surface area contributed by atoms with E-state index in [0.717, 1.165) is 23.0 Å². The van der Waals surface area contributed by atoms with Crippen LogP contribution in [0, 0.1) is 11.8 Å². The molecule has 0 saturated heterocycles. The van der Waals surface area contributed by atoms with E-state index >= 15 is 0 Å². The Labute approximate surface area is 356 Å². The van der Waals surface area contributed by atoms with Gasteiger partial charge in [0.05, 0.1) is 0 Å². The van der Waals surface area contributed by atoms with E-state index in [4.69, 9.17) is 4.42 Å². The summed E-state index contributed by atoms with van der Waals surface area (Å²) in [5, 5.41) is 15.8. The van der Waals surface area contributed by atoms with Crippen LogP contribution in [-0.4, -0.2) is 0 Å². The van der Waals surface area contributed by atoms with Crippen molar-refractivity contribution in [1.29, 1.82) is 0 Å². The van der Waals surface area contributed by atoms with E-state index in [1.54, 1.807) is 5.56 Å². The van der Waals surface area contributed by atoms with Crippen LogP contribution in [0.4, 0.5) is 0 Å². The Morgan fingerprint density at radius 1 is 0.328 bits per heavy atom. The highest BCUT2D eigenvalue weighted by Crippen LogP contribution is 2.51. The summed E-state index contributed by atoms with van der Waals surface area (Å²) in [4.78, 5) is 0. The van der Waals surface area contributed by atoms with Crippen LogP contribution in [0.25, 0.3) is 98.1 Å². The van der Waals surface area contributed by atoms with Crippen LogP contribution in [0.15, 0.2) is 186 Å². The third-order valence-corrected chi connectivity index (χ3v) is 15.1. The molecule has 11 aromatic rings. The predicted octanol–water partition coefficient (Wildman–Crippen LogP) is 17.2. The van der Waals surface area contributed by atoms with Crippen molar-refractivity contribution in [3.8, 4) is 22.3 Å². The smallest absolute Gasteiger partial charge is 0.135 e. The average molecular weight is 783 g/mol. The third-order valence-electron chi connectivity index (χ3n) is 15.1. The summed E-state index contributed by atoms with van der Waals surface area (Å²) in [7, 11) is 0. The SMILES string of the molecule is c1ccc2c(c1)cc(-c1ccc3cc(-c4ccc5oc6ccc(C7CCC8CC(c9cc%10ccccc%10c%10ccccc9%10)CCC8C7)cc6c5c4)ccc3c1)c1ccccc12. The Hall–Kier alpha value is -6.70. The summed E-state index contributed by atoms with van der Waals surface area (Å²) in [6.45, 7) is 0. The Bertz CT molecular complexity index is 3530. The van der Waals surface area contributed by atoms with Gasteiger partial charge in [0.2, 0.25) is 0 Å². The Morgan fingerprint density at radius 2 is 0.852 bits per heavy atom. The number of fused-ring (bicyclic) bond motifs is 11. The van der Waals surface area contributed by atoms with Crippen molar-refractivity contribution in [2.45, 2.75) is 50.4 Å². The largest absolute Gasteiger partial charge is 0.456 e. The number of rotatable bonds is 4. The molecule has 292 valence electrons. The second kappa shape index (κ2) is 13.9. The first-order chi connectivity index (χ1) is 30.2. The minimum absolute atomic E-state index is 0.606. The maximum atomic E-state index is 6.47. The van der Waals surface area contributed by atoms with Gasteiger partial charge in [-0.25, -0.2) is 0 Å². The van der Waals surface area contributed by atoms with Crippen LogP contribution in [0.1, 0.15) is 61.5 Å². The van der Waals surface area contributed by atoms with Gasteiger partial charge in [0.1, 0.15) is 11.2 Å². The number of hydrogen-bond donors (Lipinski definition) is 0. The van der Waals surface area contributed by atoms with Crippen LogP contribution >= 0.6 is 0 Å². The molecule has 0 amide bonds. The summed E-state index contributed by atoms with van der Waals surface area (Å²) in [5.74, 6) is 2.87. The molecule has 1 nitrogen and oxygen atoms in total. The highest BCUT2D eigenvalue weighted by molar-refractivity contribution is 6.14. The first-order valence-corrected chi connectivity index (χ1v) is 22.5. The predicted molar refractivity (Wildman–Crippen MR) is 259 cm³/mol. The molecule has 1 aromatic heterocycles. The molecule has 4 atom stereocenters. The zero-order valence-corrected chi connectivity index (χ0v) is 34.3. The van der Waals surface area contributed by atoms with Gasteiger partial charge in [-0.1, -0.05) is 140 Å². The van der Waals surface area contributed by atoms with E-state index in [2.05, 4.69) is 182 Å². The quantitative estimate of drug-likeness (QED) is 0.162. The van der Waals surface area contributed by atoms with Crippen LogP contribution in [0.2, 0.25) is 0 Å². The summed E-state index contributed by atoms with van der Waals surface area (Å²) < 4.78 is 6.47. The molecule has 1 heterocycles. The molecular formula is C60H46O. The highest BCUT2D eigenvalue weighted by atomic mass is 16.3. The number of benzene rings is 10. The minimum atomic E-state index is 0.606. The molecule has 0 N–H and O–H groups in total. The molecule has 2 saturated carbocycles. The van der Waals surface area contributed by atoms with Gasteiger partial charge in [0.15, 0.2) is 0 Å². The lowest BCUT2D eigenvalue weighted by atomic mass is 9.62. The molecule has 61 heavy (non-hydrogen) atoms. The Morgan fingerprint density at radius 3 is 1.61 bits per heavy atom. The first kappa shape index (κ1) is 35.1. The van der Waals surface area contributed by atoms with Crippen LogP contribution in [0.5, 0.6) is 0 Å². The van der Waals surface area contributed by atoms with E-state index in [9.17, 15) is 0 Å². The molecule has 13 rings (SSSR count). The topological polar surface area (TPSA) is 13.1 Å². The van der Waals surface area contributed by atoms with Gasteiger partial charge in [-0.15, -0.1) is 0 Å². The molecule has 2 aliphatic carbocycles. The van der Waals surface area contributed by atoms with Gasteiger partial charge in [0.25, 0.3) is 0 Å². The summed E-state index contributed by atoms with van der Waals surface area (Å²) in [6, 6.07) is 68.2. The van der Waals surface area contributed by atoms with Gasteiger partial charge in [-0.3, -0.25) is 0 Å². The molecule has 0 bridgehead atoms. The Balaban J connectivity index is 0.771. The van der Waals surface area contributed by atoms with E-state index in [1.165, 1.54) is 131 Å². The zero-order chi connectivity index (χ0) is 40.0. The normalized spacial score (nSPS) is 19.4. The maximum absolute atomic E-state index is 6.47. The zero-order valence-electron chi connectivity index (χ0n) is 34.3. The Kier molecular flexibility index (Phi) is 8.01. The second-order valence-corrected chi connectivity index (χ2v) is 18.3. The fourth-order valence-corrected chi connectivity index (χ4v) is 12.0. The molecule has 2 fully saturated rings. The van der Waals surface area contributed by atoms with Crippen molar-refractivity contribution in [2.24, 2.45) is 11.8 Å². The van der Waals surface area contributed by atoms with Gasteiger partial charge in [-0.05, 0) is 192 Å². The van der Waals surface area contributed by atoms with Crippen molar-refractivity contribution < 1.29 is 4.42 Å². The van der Waals surface area contributed by atoms with Crippen molar-refractivity contribution >= 4 is 75.8 Å².